The molecule has 19 heavy (non-hydrogen) atoms. The molecular formula is C14H15BrN4. The molecule has 2 aromatic rings. The zero-order valence-electron chi connectivity index (χ0n) is 10.9. The Morgan fingerprint density at radius 3 is 2.84 bits per heavy atom. The summed E-state index contributed by atoms with van der Waals surface area (Å²) in [7, 11) is 0. The van der Waals surface area contributed by atoms with Crippen LogP contribution in [0.4, 0.5) is 0 Å². The monoisotopic (exact) mass is 318 g/mol. The highest BCUT2D eigenvalue weighted by molar-refractivity contribution is 9.10. The van der Waals surface area contributed by atoms with E-state index in [0.29, 0.717) is 0 Å². The van der Waals surface area contributed by atoms with Crippen LogP contribution in [0, 0.1) is 13.8 Å². The molecule has 0 saturated heterocycles. The average Bonchev–Trinajstić information content (AvgIpc) is 2.98. The van der Waals surface area contributed by atoms with E-state index in [2.05, 4.69) is 50.4 Å². The SMILES string of the molecule is Cc1nn(-c2cccc(Br)c2)c(C)c1C1=NCCN1. The van der Waals surface area contributed by atoms with Crippen molar-refractivity contribution in [2.75, 3.05) is 13.1 Å². The smallest absolute Gasteiger partial charge is 0.132 e. The molecule has 5 heteroatoms. The molecule has 1 aliphatic heterocycles. The fourth-order valence-electron chi connectivity index (χ4n) is 2.41. The summed E-state index contributed by atoms with van der Waals surface area (Å²) in [6.45, 7) is 5.87. The first-order valence-corrected chi connectivity index (χ1v) is 7.07. The lowest BCUT2D eigenvalue weighted by atomic mass is 10.2. The van der Waals surface area contributed by atoms with Gasteiger partial charge in [0.25, 0.3) is 0 Å². The molecule has 1 aliphatic rings. The van der Waals surface area contributed by atoms with Crippen molar-refractivity contribution in [1.82, 2.24) is 15.1 Å². The van der Waals surface area contributed by atoms with Crippen LogP contribution in [0.3, 0.4) is 0 Å². The number of amidine groups is 1. The van der Waals surface area contributed by atoms with Crippen molar-refractivity contribution in [3.63, 3.8) is 0 Å². The van der Waals surface area contributed by atoms with E-state index in [4.69, 9.17) is 0 Å². The van der Waals surface area contributed by atoms with Gasteiger partial charge >= 0.3 is 0 Å². The van der Waals surface area contributed by atoms with Crippen molar-refractivity contribution in [3.8, 4) is 5.69 Å². The standard InChI is InChI=1S/C14H15BrN4/c1-9-13(14-16-6-7-17-14)10(2)19(18-9)12-5-3-4-11(15)8-12/h3-5,8H,6-7H2,1-2H3,(H,16,17). The van der Waals surface area contributed by atoms with Crippen molar-refractivity contribution in [3.05, 3.63) is 45.7 Å². The molecule has 98 valence electrons. The van der Waals surface area contributed by atoms with Gasteiger partial charge in [-0.05, 0) is 32.0 Å². The van der Waals surface area contributed by atoms with Crippen LogP contribution < -0.4 is 5.32 Å². The zero-order chi connectivity index (χ0) is 13.4. The van der Waals surface area contributed by atoms with Crippen molar-refractivity contribution < 1.29 is 0 Å². The molecule has 0 aliphatic carbocycles. The fraction of sp³-hybridized carbons (Fsp3) is 0.286. The summed E-state index contributed by atoms with van der Waals surface area (Å²) in [5.74, 6) is 0.969. The first-order chi connectivity index (χ1) is 9.16. The Morgan fingerprint density at radius 1 is 1.32 bits per heavy atom. The van der Waals surface area contributed by atoms with Crippen LogP contribution in [0.5, 0.6) is 0 Å². The minimum absolute atomic E-state index is 0.844. The highest BCUT2D eigenvalue weighted by atomic mass is 79.9. The number of aliphatic imine (C=N–C) groups is 1. The van der Waals surface area contributed by atoms with E-state index >= 15 is 0 Å². The lowest BCUT2D eigenvalue weighted by Crippen LogP contribution is -2.20. The summed E-state index contributed by atoms with van der Waals surface area (Å²) in [5.41, 5.74) is 4.30. The van der Waals surface area contributed by atoms with Crippen LogP contribution in [-0.4, -0.2) is 28.7 Å². The normalized spacial score (nSPS) is 14.4. The quantitative estimate of drug-likeness (QED) is 0.924. The predicted octanol–water partition coefficient (Wildman–Crippen LogP) is 2.60. The Balaban J connectivity index is 2.11. The first kappa shape index (κ1) is 12.4. The number of hydrogen-bond acceptors (Lipinski definition) is 3. The maximum absolute atomic E-state index is 4.64. The Bertz CT molecular complexity index is 657. The zero-order valence-corrected chi connectivity index (χ0v) is 12.5. The highest BCUT2D eigenvalue weighted by Gasteiger charge is 2.19. The summed E-state index contributed by atoms with van der Waals surface area (Å²) >= 11 is 3.50. The Morgan fingerprint density at radius 2 is 2.16 bits per heavy atom. The van der Waals surface area contributed by atoms with Gasteiger partial charge in [-0.25, -0.2) is 4.68 Å². The van der Waals surface area contributed by atoms with E-state index in [1.165, 1.54) is 0 Å². The summed E-state index contributed by atoms with van der Waals surface area (Å²) in [6, 6.07) is 8.14. The molecule has 2 heterocycles. The van der Waals surface area contributed by atoms with Crippen molar-refractivity contribution in [2.45, 2.75) is 13.8 Å². The lowest BCUT2D eigenvalue weighted by Gasteiger charge is -2.06. The third-order valence-corrected chi connectivity index (χ3v) is 3.75. The molecule has 0 atom stereocenters. The maximum atomic E-state index is 4.64. The lowest BCUT2D eigenvalue weighted by molar-refractivity contribution is 0.833. The van der Waals surface area contributed by atoms with Crippen LogP contribution in [0.1, 0.15) is 17.0 Å². The van der Waals surface area contributed by atoms with Crippen LogP contribution in [0.2, 0.25) is 0 Å². The molecule has 0 fully saturated rings. The van der Waals surface area contributed by atoms with Gasteiger partial charge in [-0.3, -0.25) is 4.99 Å². The average molecular weight is 319 g/mol. The van der Waals surface area contributed by atoms with Crippen molar-refractivity contribution in [1.29, 1.82) is 0 Å². The van der Waals surface area contributed by atoms with Gasteiger partial charge in [0.05, 0.1) is 29.2 Å². The first-order valence-electron chi connectivity index (χ1n) is 6.27. The third kappa shape index (κ3) is 2.18. The van der Waals surface area contributed by atoms with Crippen molar-refractivity contribution in [2.24, 2.45) is 4.99 Å². The number of rotatable bonds is 2. The second-order valence-corrected chi connectivity index (χ2v) is 5.51. The Labute approximate surface area is 120 Å². The Hall–Kier alpha value is -1.62. The molecule has 1 aromatic carbocycles. The van der Waals surface area contributed by atoms with E-state index in [1.54, 1.807) is 0 Å². The number of benzene rings is 1. The summed E-state index contributed by atoms with van der Waals surface area (Å²) in [6.07, 6.45) is 0. The van der Waals surface area contributed by atoms with Crippen molar-refractivity contribution >= 4 is 21.8 Å². The number of aryl methyl sites for hydroxylation is 1. The van der Waals surface area contributed by atoms with Gasteiger partial charge in [-0.1, -0.05) is 22.0 Å². The third-order valence-electron chi connectivity index (χ3n) is 3.26. The number of nitrogens with one attached hydrogen (secondary N) is 1. The number of nitrogens with zero attached hydrogens (tertiary/aromatic N) is 3. The van der Waals surface area contributed by atoms with Crippen LogP contribution in [0.25, 0.3) is 5.69 Å². The second kappa shape index (κ2) is 4.81. The van der Waals surface area contributed by atoms with Gasteiger partial charge in [0.15, 0.2) is 0 Å². The molecule has 3 rings (SSSR count). The van der Waals surface area contributed by atoms with Gasteiger partial charge in [-0.15, -0.1) is 0 Å². The molecule has 0 unspecified atom stereocenters. The molecule has 0 bridgehead atoms. The minimum atomic E-state index is 0.844. The molecule has 0 spiro atoms. The van der Waals surface area contributed by atoms with Crippen LogP contribution in [0.15, 0.2) is 33.7 Å². The highest BCUT2D eigenvalue weighted by Crippen LogP contribution is 2.21. The molecular weight excluding hydrogens is 304 g/mol. The van der Waals surface area contributed by atoms with Crippen LogP contribution >= 0.6 is 15.9 Å². The van der Waals surface area contributed by atoms with E-state index in [-0.39, 0.29) is 0 Å². The van der Waals surface area contributed by atoms with Gasteiger partial charge in [0.1, 0.15) is 5.84 Å². The Kier molecular flexibility index (Phi) is 3.14. The van der Waals surface area contributed by atoms with Gasteiger partial charge in [-0.2, -0.15) is 5.10 Å². The van der Waals surface area contributed by atoms with Gasteiger partial charge in [0, 0.05) is 11.0 Å². The topological polar surface area (TPSA) is 42.2 Å². The summed E-state index contributed by atoms with van der Waals surface area (Å²) in [4.78, 5) is 4.50. The van der Waals surface area contributed by atoms with Gasteiger partial charge in [0.2, 0.25) is 0 Å². The second-order valence-electron chi connectivity index (χ2n) is 4.59. The van der Waals surface area contributed by atoms with E-state index in [9.17, 15) is 0 Å². The van der Waals surface area contributed by atoms with Crippen LogP contribution in [-0.2, 0) is 0 Å². The van der Waals surface area contributed by atoms with Gasteiger partial charge < -0.3 is 5.32 Å². The number of halogens is 1. The molecule has 4 nitrogen and oxygen atoms in total. The minimum Gasteiger partial charge on any atom is -0.368 e. The number of aromatic nitrogens is 2. The molecule has 0 amide bonds. The maximum Gasteiger partial charge on any atom is 0.132 e. The summed E-state index contributed by atoms with van der Waals surface area (Å²) < 4.78 is 3.02. The molecule has 0 saturated carbocycles. The van der Waals surface area contributed by atoms with E-state index in [0.717, 1.165) is 46.0 Å². The fourth-order valence-corrected chi connectivity index (χ4v) is 2.80. The van der Waals surface area contributed by atoms with E-state index in [1.807, 2.05) is 23.7 Å². The predicted molar refractivity (Wildman–Crippen MR) is 80.1 cm³/mol. The molecule has 0 radical (unpaired) electrons. The summed E-state index contributed by atoms with van der Waals surface area (Å²) in [5, 5.41) is 7.96. The molecule has 1 N–H and O–H groups in total. The molecule has 1 aromatic heterocycles. The number of hydrogen-bond donors (Lipinski definition) is 1. The van der Waals surface area contributed by atoms with E-state index < -0.39 is 0 Å². The largest absolute Gasteiger partial charge is 0.368 e.